The number of nitrogens with zero attached hydrogens (tertiary/aromatic N) is 3. The number of rotatable bonds is 3. The first-order chi connectivity index (χ1) is 13.7. The van der Waals surface area contributed by atoms with Crippen LogP contribution in [0.1, 0.15) is 23.3 Å². The summed E-state index contributed by atoms with van der Waals surface area (Å²) in [6.45, 7) is 1.49. The molecule has 1 N–H and O–H groups in total. The molecule has 2 aromatic rings. The lowest BCUT2D eigenvalue weighted by Crippen LogP contribution is -2.42. The summed E-state index contributed by atoms with van der Waals surface area (Å²) in [6, 6.07) is 8.82. The van der Waals surface area contributed by atoms with E-state index in [0.717, 1.165) is 0 Å². The first-order valence-corrected chi connectivity index (χ1v) is 9.49. The van der Waals surface area contributed by atoms with E-state index in [9.17, 15) is 9.90 Å². The number of carbonyl (C=O) groups excluding carboxylic acids is 1. The zero-order valence-corrected chi connectivity index (χ0v) is 15.2. The van der Waals surface area contributed by atoms with Crippen LogP contribution in [0, 0.1) is 11.8 Å². The van der Waals surface area contributed by atoms with Crippen molar-refractivity contribution in [1.29, 1.82) is 0 Å². The number of amides is 1. The van der Waals surface area contributed by atoms with Crippen LogP contribution >= 0.6 is 0 Å². The average Bonchev–Trinajstić information content (AvgIpc) is 3.34. The molecule has 3 heterocycles. The van der Waals surface area contributed by atoms with E-state index in [-0.39, 0.29) is 24.7 Å². The van der Waals surface area contributed by atoms with Gasteiger partial charge in [0.2, 0.25) is 6.79 Å². The molecule has 3 aliphatic rings. The number of aromatic nitrogens is 2. The molecular weight excluding hydrogens is 362 g/mol. The second-order valence-electron chi connectivity index (χ2n) is 7.55. The Balaban J connectivity index is 1.26. The van der Waals surface area contributed by atoms with Crippen LogP contribution in [0.5, 0.6) is 17.2 Å². The van der Waals surface area contributed by atoms with Crippen LogP contribution < -0.4 is 14.2 Å². The van der Waals surface area contributed by atoms with Crippen molar-refractivity contribution in [2.24, 2.45) is 11.8 Å². The third-order valence-corrected chi connectivity index (χ3v) is 5.80. The third kappa shape index (κ3) is 3.13. The second kappa shape index (κ2) is 6.94. The average molecular weight is 383 g/mol. The monoisotopic (exact) mass is 383 g/mol. The molecule has 1 aliphatic carbocycles. The van der Waals surface area contributed by atoms with Crippen LogP contribution in [-0.4, -0.2) is 58.2 Å². The maximum atomic E-state index is 12.7. The van der Waals surface area contributed by atoms with Gasteiger partial charge in [0.25, 0.3) is 5.91 Å². The van der Waals surface area contributed by atoms with Gasteiger partial charge in [-0.3, -0.25) is 4.79 Å². The number of ether oxygens (including phenoxy) is 3. The Bertz CT molecular complexity index is 877. The Morgan fingerprint density at radius 3 is 2.79 bits per heavy atom. The van der Waals surface area contributed by atoms with E-state index in [0.29, 0.717) is 54.8 Å². The van der Waals surface area contributed by atoms with E-state index in [2.05, 4.69) is 10.2 Å². The molecule has 1 saturated carbocycles. The summed E-state index contributed by atoms with van der Waals surface area (Å²) < 4.78 is 16.8. The summed E-state index contributed by atoms with van der Waals surface area (Å²) in [4.78, 5) is 14.5. The maximum absolute atomic E-state index is 12.7. The van der Waals surface area contributed by atoms with Crippen molar-refractivity contribution >= 4 is 5.91 Å². The van der Waals surface area contributed by atoms with Crippen LogP contribution in [0.4, 0.5) is 0 Å². The lowest BCUT2D eigenvalue weighted by atomic mass is 9.78. The molecule has 5 rings (SSSR count). The maximum Gasteiger partial charge on any atom is 0.274 e. The number of fused-ring (bicyclic) bond motifs is 2. The van der Waals surface area contributed by atoms with E-state index in [1.807, 2.05) is 17.0 Å². The van der Waals surface area contributed by atoms with Gasteiger partial charge in [-0.25, -0.2) is 0 Å². The molecule has 8 nitrogen and oxygen atoms in total. The summed E-state index contributed by atoms with van der Waals surface area (Å²) in [5.41, 5.74) is 0.356. The van der Waals surface area contributed by atoms with Gasteiger partial charge in [0.15, 0.2) is 17.2 Å². The fraction of sp³-hybridized carbons (Fsp3) is 0.450. The predicted molar refractivity (Wildman–Crippen MR) is 97.1 cm³/mol. The highest BCUT2D eigenvalue weighted by molar-refractivity contribution is 5.92. The summed E-state index contributed by atoms with van der Waals surface area (Å²) in [5.74, 6) is 2.46. The molecule has 0 unspecified atom stereocenters. The fourth-order valence-electron chi connectivity index (χ4n) is 4.39. The first kappa shape index (κ1) is 17.2. The van der Waals surface area contributed by atoms with Gasteiger partial charge < -0.3 is 24.2 Å². The molecule has 1 aromatic carbocycles. The van der Waals surface area contributed by atoms with Gasteiger partial charge >= 0.3 is 0 Å². The van der Waals surface area contributed by atoms with Crippen LogP contribution in [0.2, 0.25) is 0 Å². The summed E-state index contributed by atoms with van der Waals surface area (Å²) in [5, 5.41) is 18.3. The molecule has 1 aromatic heterocycles. The van der Waals surface area contributed by atoms with E-state index >= 15 is 0 Å². The second-order valence-corrected chi connectivity index (χ2v) is 7.55. The lowest BCUT2D eigenvalue weighted by Gasteiger charge is -2.35. The number of aliphatic hydroxyl groups excluding tert-OH is 1. The molecule has 1 saturated heterocycles. The van der Waals surface area contributed by atoms with E-state index < -0.39 is 6.10 Å². The molecule has 1 amide bonds. The SMILES string of the molecule is O=C(c1cccnn1)N1C[C@H]2C[C@@H](Oc3ccc4c(c3)OCO4)[C@H](O)C[C@H]2C1. The van der Waals surface area contributed by atoms with Gasteiger partial charge in [0, 0.05) is 25.4 Å². The van der Waals surface area contributed by atoms with Crippen molar-refractivity contribution in [2.75, 3.05) is 19.9 Å². The minimum absolute atomic E-state index is 0.106. The van der Waals surface area contributed by atoms with Crippen molar-refractivity contribution in [3.05, 3.63) is 42.2 Å². The minimum atomic E-state index is -0.571. The summed E-state index contributed by atoms with van der Waals surface area (Å²) in [6.07, 6.45) is 1.98. The zero-order valence-electron chi connectivity index (χ0n) is 15.2. The van der Waals surface area contributed by atoms with Gasteiger partial charge in [-0.1, -0.05) is 0 Å². The number of benzene rings is 1. The van der Waals surface area contributed by atoms with Crippen molar-refractivity contribution in [3.63, 3.8) is 0 Å². The highest BCUT2D eigenvalue weighted by atomic mass is 16.7. The number of hydrogen-bond donors (Lipinski definition) is 1. The lowest BCUT2D eigenvalue weighted by molar-refractivity contribution is -0.0232. The zero-order chi connectivity index (χ0) is 19.1. The summed E-state index contributed by atoms with van der Waals surface area (Å²) >= 11 is 0. The molecule has 146 valence electrons. The Kier molecular flexibility index (Phi) is 4.27. The number of carbonyl (C=O) groups is 1. The standard InChI is InChI=1S/C20H21N3O5/c24-16-6-12-9-23(20(25)15-2-1-5-21-22-15)10-13(12)7-18(16)28-14-3-4-17-19(8-14)27-11-26-17/h1-5,8,12-13,16,18,24H,6-7,9-11H2/t12-,13+,16+,18+/m0/s1. The van der Waals surface area contributed by atoms with Crippen LogP contribution in [-0.2, 0) is 0 Å². The smallest absolute Gasteiger partial charge is 0.274 e. The Morgan fingerprint density at radius 2 is 1.96 bits per heavy atom. The molecule has 28 heavy (non-hydrogen) atoms. The van der Waals surface area contributed by atoms with Crippen LogP contribution in [0.15, 0.2) is 36.5 Å². The fourth-order valence-corrected chi connectivity index (χ4v) is 4.39. The quantitative estimate of drug-likeness (QED) is 0.858. The Labute approximate surface area is 162 Å². The number of hydrogen-bond acceptors (Lipinski definition) is 7. The first-order valence-electron chi connectivity index (χ1n) is 9.49. The molecule has 0 radical (unpaired) electrons. The molecule has 2 aliphatic heterocycles. The molecule has 0 spiro atoms. The largest absolute Gasteiger partial charge is 0.488 e. The summed E-state index contributed by atoms with van der Waals surface area (Å²) in [7, 11) is 0. The van der Waals surface area contributed by atoms with Crippen LogP contribution in [0.25, 0.3) is 0 Å². The Hall–Kier alpha value is -2.87. The molecule has 0 bridgehead atoms. The Morgan fingerprint density at radius 1 is 1.14 bits per heavy atom. The van der Waals surface area contributed by atoms with Crippen molar-refractivity contribution in [3.8, 4) is 17.2 Å². The predicted octanol–water partition coefficient (Wildman–Crippen LogP) is 1.50. The number of aliphatic hydroxyl groups is 1. The normalized spacial score (nSPS) is 28.1. The van der Waals surface area contributed by atoms with Gasteiger partial charge in [0.1, 0.15) is 11.9 Å². The molecular formula is C20H21N3O5. The molecule has 8 heteroatoms. The van der Waals surface area contributed by atoms with E-state index in [1.54, 1.807) is 24.4 Å². The molecule has 4 atom stereocenters. The highest BCUT2D eigenvalue weighted by Crippen LogP contribution is 2.40. The van der Waals surface area contributed by atoms with Gasteiger partial charge in [-0.05, 0) is 48.9 Å². The third-order valence-electron chi connectivity index (χ3n) is 5.80. The highest BCUT2D eigenvalue weighted by Gasteiger charge is 2.44. The van der Waals surface area contributed by atoms with Crippen molar-refractivity contribution in [1.82, 2.24) is 15.1 Å². The number of likely N-dealkylation sites (tertiary alicyclic amines) is 1. The van der Waals surface area contributed by atoms with Gasteiger partial charge in [-0.2, -0.15) is 5.10 Å². The topological polar surface area (TPSA) is 94.0 Å². The van der Waals surface area contributed by atoms with Crippen molar-refractivity contribution in [2.45, 2.75) is 25.0 Å². The van der Waals surface area contributed by atoms with E-state index in [4.69, 9.17) is 14.2 Å². The van der Waals surface area contributed by atoms with Crippen LogP contribution in [0.3, 0.4) is 0 Å². The van der Waals surface area contributed by atoms with E-state index in [1.165, 1.54) is 0 Å². The van der Waals surface area contributed by atoms with Crippen molar-refractivity contribution < 1.29 is 24.1 Å². The minimum Gasteiger partial charge on any atom is -0.488 e. The molecule has 2 fully saturated rings. The van der Waals surface area contributed by atoms with Gasteiger partial charge in [-0.15, -0.1) is 5.10 Å². The van der Waals surface area contributed by atoms with Gasteiger partial charge in [0.05, 0.1) is 6.10 Å².